The van der Waals surface area contributed by atoms with Crippen molar-refractivity contribution >= 4 is 15.9 Å². The Hall–Kier alpha value is -2.47. The molecule has 1 aromatic heterocycles. The average molecular weight is 389 g/mol. The average Bonchev–Trinajstić information content (AvgIpc) is 3.10. The van der Waals surface area contributed by atoms with Gasteiger partial charge in [-0.25, -0.2) is 0 Å². The number of hydrogen-bond donors (Lipinski definition) is 1. The number of nitrogens with one attached hydrogen (secondary N) is 1. The maximum Gasteiger partial charge on any atom is 0.174 e. The van der Waals surface area contributed by atoms with Crippen LogP contribution in [0.5, 0.6) is 17.2 Å². The highest BCUT2D eigenvalue weighted by molar-refractivity contribution is 9.10. The first-order valence-electron chi connectivity index (χ1n) is 7.27. The molecule has 6 heteroatoms. The topological polar surface area (TPSA) is 56.4 Å². The van der Waals surface area contributed by atoms with Crippen LogP contribution in [-0.2, 0) is 0 Å². The third kappa shape index (κ3) is 2.97. The fraction of sp³-hybridized carbons (Fsp3) is 0.167. The number of H-pyrrole nitrogens is 1. The van der Waals surface area contributed by atoms with Crippen molar-refractivity contribution in [1.82, 2.24) is 10.2 Å². The van der Waals surface area contributed by atoms with Crippen molar-refractivity contribution in [3.8, 4) is 39.6 Å². The normalized spacial score (nSPS) is 10.5. The van der Waals surface area contributed by atoms with Crippen LogP contribution >= 0.6 is 15.9 Å². The Morgan fingerprint density at radius 1 is 0.917 bits per heavy atom. The van der Waals surface area contributed by atoms with Gasteiger partial charge in [0, 0.05) is 11.1 Å². The van der Waals surface area contributed by atoms with Gasteiger partial charge >= 0.3 is 0 Å². The summed E-state index contributed by atoms with van der Waals surface area (Å²) in [4.78, 5) is 0. The second-order valence-electron chi connectivity index (χ2n) is 5.08. The van der Waals surface area contributed by atoms with Crippen LogP contribution in [-0.4, -0.2) is 31.5 Å². The number of halogens is 1. The van der Waals surface area contributed by atoms with E-state index < -0.39 is 0 Å². The molecule has 0 radical (unpaired) electrons. The Bertz CT molecular complexity index is 844. The summed E-state index contributed by atoms with van der Waals surface area (Å²) < 4.78 is 16.8. The molecule has 124 valence electrons. The molecule has 5 nitrogen and oxygen atoms in total. The highest BCUT2D eigenvalue weighted by Gasteiger charge is 2.16. The van der Waals surface area contributed by atoms with Gasteiger partial charge in [-0.1, -0.05) is 12.1 Å². The number of rotatable bonds is 5. The van der Waals surface area contributed by atoms with Gasteiger partial charge in [-0.15, -0.1) is 0 Å². The highest BCUT2D eigenvalue weighted by atomic mass is 79.9. The molecule has 0 aliphatic carbocycles. The quantitative estimate of drug-likeness (QED) is 0.697. The molecule has 0 amide bonds. The fourth-order valence-electron chi connectivity index (χ4n) is 2.56. The predicted octanol–water partition coefficient (Wildman–Crippen LogP) is 4.53. The Balaban J connectivity index is 2.08. The minimum atomic E-state index is 0.650. The zero-order valence-corrected chi connectivity index (χ0v) is 15.2. The van der Waals surface area contributed by atoms with Crippen molar-refractivity contribution < 1.29 is 14.2 Å². The van der Waals surface area contributed by atoms with E-state index >= 15 is 0 Å². The van der Waals surface area contributed by atoms with Crippen LogP contribution in [0, 0.1) is 0 Å². The van der Waals surface area contributed by atoms with E-state index in [4.69, 9.17) is 14.2 Å². The molecule has 0 saturated heterocycles. The SMILES string of the molecule is COc1ccc(-c2cn[nH]c2-c2cc(Br)c(OC)c(OC)c2)cc1. The van der Waals surface area contributed by atoms with Crippen LogP contribution in [0.25, 0.3) is 22.4 Å². The van der Waals surface area contributed by atoms with Gasteiger partial charge in [0.15, 0.2) is 11.5 Å². The summed E-state index contributed by atoms with van der Waals surface area (Å²) in [5.41, 5.74) is 3.90. The molecule has 1 heterocycles. The highest BCUT2D eigenvalue weighted by Crippen LogP contribution is 2.41. The standard InChI is InChI=1S/C18H17BrN2O3/c1-22-13-6-4-11(5-7-13)14-10-20-21-17(14)12-8-15(19)18(24-3)16(9-12)23-2/h4-10H,1-3H3,(H,20,21). The number of ether oxygens (including phenoxy) is 3. The van der Waals surface area contributed by atoms with Crippen LogP contribution in [0.1, 0.15) is 0 Å². The largest absolute Gasteiger partial charge is 0.497 e. The first kappa shape index (κ1) is 16.4. The third-order valence-electron chi connectivity index (χ3n) is 3.76. The van der Waals surface area contributed by atoms with E-state index in [0.29, 0.717) is 11.5 Å². The molecule has 0 fully saturated rings. The van der Waals surface area contributed by atoms with Gasteiger partial charge in [-0.2, -0.15) is 5.10 Å². The predicted molar refractivity (Wildman–Crippen MR) is 96.8 cm³/mol. The van der Waals surface area contributed by atoms with E-state index in [1.54, 1.807) is 21.3 Å². The van der Waals surface area contributed by atoms with Crippen molar-refractivity contribution in [3.63, 3.8) is 0 Å². The second-order valence-corrected chi connectivity index (χ2v) is 5.94. The van der Waals surface area contributed by atoms with Crippen LogP contribution in [0.2, 0.25) is 0 Å². The molecule has 0 spiro atoms. The number of aromatic amines is 1. The summed E-state index contributed by atoms with van der Waals surface area (Å²) in [7, 11) is 4.88. The van der Waals surface area contributed by atoms with E-state index in [1.807, 2.05) is 42.6 Å². The molecular weight excluding hydrogens is 372 g/mol. The lowest BCUT2D eigenvalue weighted by Crippen LogP contribution is -1.93. The van der Waals surface area contributed by atoms with Crippen LogP contribution in [0.4, 0.5) is 0 Å². The second kappa shape index (κ2) is 6.97. The molecule has 0 aliphatic rings. The number of hydrogen-bond acceptors (Lipinski definition) is 4. The van der Waals surface area contributed by atoms with E-state index in [-0.39, 0.29) is 0 Å². The summed E-state index contributed by atoms with van der Waals surface area (Å²) >= 11 is 3.53. The van der Waals surface area contributed by atoms with Gasteiger partial charge in [0.2, 0.25) is 0 Å². The van der Waals surface area contributed by atoms with Crippen molar-refractivity contribution in [1.29, 1.82) is 0 Å². The van der Waals surface area contributed by atoms with Crippen LogP contribution in [0.15, 0.2) is 47.1 Å². The van der Waals surface area contributed by atoms with Crippen molar-refractivity contribution in [2.75, 3.05) is 21.3 Å². The lowest BCUT2D eigenvalue weighted by atomic mass is 10.0. The molecule has 0 unspecified atom stereocenters. The molecule has 1 N–H and O–H groups in total. The molecule has 0 atom stereocenters. The lowest BCUT2D eigenvalue weighted by Gasteiger charge is -2.12. The number of methoxy groups -OCH3 is 3. The van der Waals surface area contributed by atoms with Gasteiger partial charge in [0.1, 0.15) is 5.75 Å². The van der Waals surface area contributed by atoms with Gasteiger partial charge in [-0.05, 0) is 45.8 Å². The molecule has 0 aliphatic heterocycles. The fourth-order valence-corrected chi connectivity index (χ4v) is 3.16. The molecule has 0 saturated carbocycles. The minimum absolute atomic E-state index is 0.650. The molecule has 3 aromatic rings. The summed E-state index contributed by atoms with van der Waals surface area (Å²) in [5.74, 6) is 2.13. The molecular formula is C18H17BrN2O3. The van der Waals surface area contributed by atoms with E-state index in [0.717, 1.165) is 32.6 Å². The zero-order valence-electron chi connectivity index (χ0n) is 13.6. The smallest absolute Gasteiger partial charge is 0.174 e. The Morgan fingerprint density at radius 3 is 2.29 bits per heavy atom. The summed E-state index contributed by atoms with van der Waals surface area (Å²) in [6.07, 6.45) is 1.81. The molecule has 0 bridgehead atoms. The van der Waals surface area contributed by atoms with E-state index in [9.17, 15) is 0 Å². The molecule has 3 rings (SSSR count). The first-order chi connectivity index (χ1) is 11.7. The Labute approximate surface area is 148 Å². The van der Waals surface area contributed by atoms with E-state index in [1.165, 1.54) is 0 Å². The Morgan fingerprint density at radius 2 is 1.67 bits per heavy atom. The lowest BCUT2D eigenvalue weighted by molar-refractivity contribution is 0.353. The van der Waals surface area contributed by atoms with Crippen LogP contribution in [0.3, 0.4) is 0 Å². The van der Waals surface area contributed by atoms with E-state index in [2.05, 4.69) is 26.1 Å². The summed E-state index contributed by atoms with van der Waals surface area (Å²) in [6, 6.07) is 11.8. The molecule has 24 heavy (non-hydrogen) atoms. The van der Waals surface area contributed by atoms with Gasteiger partial charge < -0.3 is 14.2 Å². The number of benzene rings is 2. The monoisotopic (exact) mass is 388 g/mol. The summed E-state index contributed by atoms with van der Waals surface area (Å²) in [6.45, 7) is 0. The number of aromatic nitrogens is 2. The maximum atomic E-state index is 5.43. The maximum absolute atomic E-state index is 5.43. The first-order valence-corrected chi connectivity index (χ1v) is 8.07. The Kier molecular flexibility index (Phi) is 4.76. The van der Waals surface area contributed by atoms with Gasteiger partial charge in [0.05, 0.1) is 37.7 Å². The summed E-state index contributed by atoms with van der Waals surface area (Å²) in [5, 5.41) is 7.27. The minimum Gasteiger partial charge on any atom is -0.497 e. The third-order valence-corrected chi connectivity index (χ3v) is 4.35. The molecule has 2 aromatic carbocycles. The van der Waals surface area contributed by atoms with Crippen molar-refractivity contribution in [3.05, 3.63) is 47.1 Å². The van der Waals surface area contributed by atoms with Gasteiger partial charge in [-0.3, -0.25) is 5.10 Å². The number of nitrogens with zero attached hydrogens (tertiary/aromatic N) is 1. The van der Waals surface area contributed by atoms with Crippen molar-refractivity contribution in [2.45, 2.75) is 0 Å². The van der Waals surface area contributed by atoms with Crippen LogP contribution < -0.4 is 14.2 Å². The van der Waals surface area contributed by atoms with Gasteiger partial charge in [0.25, 0.3) is 0 Å². The van der Waals surface area contributed by atoms with Crippen molar-refractivity contribution in [2.24, 2.45) is 0 Å². The zero-order chi connectivity index (χ0) is 17.1.